The molecule has 0 radical (unpaired) electrons. The predicted octanol–water partition coefficient (Wildman–Crippen LogP) is 4.26. The third kappa shape index (κ3) is 4.49. The molecule has 132 valence electrons. The van der Waals surface area contributed by atoms with E-state index in [0.717, 1.165) is 24.2 Å². The third-order valence-electron chi connectivity index (χ3n) is 5.14. The van der Waals surface area contributed by atoms with Crippen LogP contribution in [0.1, 0.15) is 52.4 Å². The first kappa shape index (κ1) is 17.7. The van der Waals surface area contributed by atoms with Gasteiger partial charge in [0.2, 0.25) is 0 Å². The number of amides is 1. The highest BCUT2D eigenvalue weighted by Crippen LogP contribution is 2.24. The Bertz CT molecular complexity index is 702. The third-order valence-corrected chi connectivity index (χ3v) is 5.14. The van der Waals surface area contributed by atoms with Gasteiger partial charge >= 0.3 is 0 Å². The Kier molecular flexibility index (Phi) is 5.87. The number of benzene rings is 2. The first-order valence-corrected chi connectivity index (χ1v) is 9.29. The van der Waals surface area contributed by atoms with E-state index in [4.69, 9.17) is 0 Å². The normalized spacial score (nSPS) is 16.4. The predicted molar refractivity (Wildman–Crippen MR) is 103 cm³/mol. The van der Waals surface area contributed by atoms with Gasteiger partial charge in [-0.25, -0.2) is 0 Å². The van der Waals surface area contributed by atoms with Crippen molar-refractivity contribution >= 4 is 5.91 Å². The molecule has 25 heavy (non-hydrogen) atoms. The van der Waals surface area contributed by atoms with Crippen LogP contribution in [0.4, 0.5) is 0 Å². The van der Waals surface area contributed by atoms with Crippen LogP contribution in [-0.2, 0) is 0 Å². The molecule has 3 nitrogen and oxygen atoms in total. The molecule has 1 heterocycles. The first-order chi connectivity index (χ1) is 12.1. The van der Waals surface area contributed by atoms with E-state index in [2.05, 4.69) is 41.4 Å². The fourth-order valence-electron chi connectivity index (χ4n) is 3.59. The Morgan fingerprint density at radius 3 is 2.36 bits per heavy atom. The van der Waals surface area contributed by atoms with Gasteiger partial charge in [0, 0.05) is 12.1 Å². The van der Waals surface area contributed by atoms with Crippen LogP contribution in [0.15, 0.2) is 48.5 Å². The number of aryl methyl sites for hydroxylation is 2. The second kappa shape index (κ2) is 8.30. The summed E-state index contributed by atoms with van der Waals surface area (Å²) in [5.41, 5.74) is 4.34. The minimum atomic E-state index is 0.0206. The van der Waals surface area contributed by atoms with Crippen LogP contribution in [0.25, 0.3) is 0 Å². The number of nitrogens with one attached hydrogen (secondary N) is 1. The Morgan fingerprint density at radius 2 is 1.68 bits per heavy atom. The van der Waals surface area contributed by atoms with Crippen molar-refractivity contribution in [3.05, 3.63) is 70.8 Å². The SMILES string of the molecule is Cc1ccc([C@H](CNC(=O)c2ccccc2C)N2CCCCC2)cc1. The molecule has 2 aromatic carbocycles. The van der Waals surface area contributed by atoms with Crippen molar-refractivity contribution in [2.24, 2.45) is 0 Å². The molecule has 1 aliphatic heterocycles. The lowest BCUT2D eigenvalue weighted by Gasteiger charge is -2.35. The van der Waals surface area contributed by atoms with Crippen LogP contribution in [0.5, 0.6) is 0 Å². The molecule has 1 saturated heterocycles. The monoisotopic (exact) mass is 336 g/mol. The minimum absolute atomic E-state index is 0.0206. The molecule has 3 rings (SSSR count). The number of carbonyl (C=O) groups excluding carboxylic acids is 1. The first-order valence-electron chi connectivity index (χ1n) is 9.29. The Hall–Kier alpha value is -2.13. The number of hydrogen-bond acceptors (Lipinski definition) is 2. The molecule has 0 aromatic heterocycles. The molecule has 2 aromatic rings. The lowest BCUT2D eigenvalue weighted by molar-refractivity contribution is 0.0924. The van der Waals surface area contributed by atoms with Crippen molar-refractivity contribution in [3.63, 3.8) is 0 Å². The highest BCUT2D eigenvalue weighted by molar-refractivity contribution is 5.95. The summed E-state index contributed by atoms with van der Waals surface area (Å²) in [6.07, 6.45) is 3.80. The molecule has 3 heteroatoms. The molecule has 0 aliphatic carbocycles. The molecule has 0 saturated carbocycles. The number of likely N-dealkylation sites (tertiary alicyclic amines) is 1. The van der Waals surface area contributed by atoms with Crippen LogP contribution in [-0.4, -0.2) is 30.4 Å². The molecule has 0 spiro atoms. The minimum Gasteiger partial charge on any atom is -0.350 e. The van der Waals surface area contributed by atoms with E-state index >= 15 is 0 Å². The second-order valence-electron chi connectivity index (χ2n) is 7.05. The lowest BCUT2D eigenvalue weighted by Crippen LogP contribution is -2.40. The van der Waals surface area contributed by atoms with Crippen LogP contribution in [0, 0.1) is 13.8 Å². The number of nitrogens with zero attached hydrogens (tertiary/aromatic N) is 1. The summed E-state index contributed by atoms with van der Waals surface area (Å²) in [6, 6.07) is 16.7. The topological polar surface area (TPSA) is 32.3 Å². The Balaban J connectivity index is 1.74. The summed E-state index contributed by atoms with van der Waals surface area (Å²) in [7, 11) is 0. The number of hydrogen-bond donors (Lipinski definition) is 1. The molecular formula is C22H28N2O. The van der Waals surface area contributed by atoms with Gasteiger partial charge in [0.05, 0.1) is 6.04 Å². The van der Waals surface area contributed by atoms with Gasteiger partial charge in [-0.15, -0.1) is 0 Å². The van der Waals surface area contributed by atoms with Crippen molar-refractivity contribution < 1.29 is 4.79 Å². The zero-order valence-corrected chi connectivity index (χ0v) is 15.3. The average molecular weight is 336 g/mol. The van der Waals surface area contributed by atoms with Gasteiger partial charge in [-0.3, -0.25) is 9.69 Å². The van der Waals surface area contributed by atoms with E-state index in [1.165, 1.54) is 30.4 Å². The smallest absolute Gasteiger partial charge is 0.251 e. The zero-order valence-electron chi connectivity index (χ0n) is 15.3. The Morgan fingerprint density at radius 1 is 1.00 bits per heavy atom. The van der Waals surface area contributed by atoms with Crippen LogP contribution >= 0.6 is 0 Å². The van der Waals surface area contributed by atoms with Gasteiger partial charge in [-0.05, 0) is 57.0 Å². The molecule has 0 unspecified atom stereocenters. The molecule has 1 atom stereocenters. The van der Waals surface area contributed by atoms with E-state index in [1.807, 2.05) is 31.2 Å². The lowest BCUT2D eigenvalue weighted by atomic mass is 10.00. The van der Waals surface area contributed by atoms with Gasteiger partial charge in [0.15, 0.2) is 0 Å². The van der Waals surface area contributed by atoms with Gasteiger partial charge in [-0.1, -0.05) is 54.4 Å². The average Bonchev–Trinajstić information content (AvgIpc) is 2.64. The standard InChI is InChI=1S/C22H28N2O/c1-17-10-12-19(13-11-17)21(24-14-6-3-7-15-24)16-23-22(25)20-9-5-4-8-18(20)2/h4-5,8-13,21H,3,6-7,14-16H2,1-2H3,(H,23,25)/t21-/m0/s1. The molecule has 1 fully saturated rings. The van der Waals surface area contributed by atoms with Crippen LogP contribution in [0.3, 0.4) is 0 Å². The van der Waals surface area contributed by atoms with Crippen LogP contribution < -0.4 is 5.32 Å². The summed E-state index contributed by atoms with van der Waals surface area (Å²) in [6.45, 7) is 6.96. The maximum Gasteiger partial charge on any atom is 0.251 e. The van der Waals surface area contributed by atoms with Crippen molar-refractivity contribution in [2.75, 3.05) is 19.6 Å². The second-order valence-corrected chi connectivity index (χ2v) is 7.05. The zero-order chi connectivity index (χ0) is 17.6. The maximum absolute atomic E-state index is 12.6. The summed E-state index contributed by atoms with van der Waals surface area (Å²) < 4.78 is 0. The summed E-state index contributed by atoms with van der Waals surface area (Å²) >= 11 is 0. The van der Waals surface area contributed by atoms with Crippen LogP contribution in [0.2, 0.25) is 0 Å². The highest BCUT2D eigenvalue weighted by Gasteiger charge is 2.23. The van der Waals surface area contributed by atoms with Crippen molar-refractivity contribution in [3.8, 4) is 0 Å². The van der Waals surface area contributed by atoms with E-state index in [9.17, 15) is 4.79 Å². The number of carbonyl (C=O) groups is 1. The largest absolute Gasteiger partial charge is 0.350 e. The molecule has 1 N–H and O–H groups in total. The van der Waals surface area contributed by atoms with E-state index in [-0.39, 0.29) is 11.9 Å². The van der Waals surface area contributed by atoms with E-state index in [0.29, 0.717) is 6.54 Å². The van der Waals surface area contributed by atoms with Crippen molar-refractivity contribution in [2.45, 2.75) is 39.2 Å². The molecular weight excluding hydrogens is 308 g/mol. The molecule has 0 bridgehead atoms. The Labute approximate surface area is 151 Å². The number of rotatable bonds is 5. The van der Waals surface area contributed by atoms with E-state index < -0.39 is 0 Å². The van der Waals surface area contributed by atoms with Gasteiger partial charge in [-0.2, -0.15) is 0 Å². The summed E-state index contributed by atoms with van der Waals surface area (Å²) in [5.74, 6) is 0.0206. The molecule has 1 aliphatic rings. The van der Waals surface area contributed by atoms with Crippen molar-refractivity contribution in [1.82, 2.24) is 10.2 Å². The van der Waals surface area contributed by atoms with E-state index in [1.54, 1.807) is 0 Å². The van der Waals surface area contributed by atoms with Crippen molar-refractivity contribution in [1.29, 1.82) is 0 Å². The van der Waals surface area contributed by atoms with Gasteiger partial charge in [0.25, 0.3) is 5.91 Å². The fourth-order valence-corrected chi connectivity index (χ4v) is 3.59. The number of piperidine rings is 1. The fraction of sp³-hybridized carbons (Fsp3) is 0.409. The van der Waals surface area contributed by atoms with Gasteiger partial charge in [0.1, 0.15) is 0 Å². The highest BCUT2D eigenvalue weighted by atomic mass is 16.1. The summed E-state index contributed by atoms with van der Waals surface area (Å²) in [4.78, 5) is 15.1. The quantitative estimate of drug-likeness (QED) is 0.885. The summed E-state index contributed by atoms with van der Waals surface area (Å²) in [5, 5.41) is 3.17. The van der Waals surface area contributed by atoms with Gasteiger partial charge < -0.3 is 5.32 Å². The maximum atomic E-state index is 12.6. The molecule has 1 amide bonds.